The molecular weight excluding hydrogens is 194 g/mol. The third kappa shape index (κ3) is 3.07. The van der Waals surface area contributed by atoms with Crippen LogP contribution in [0.4, 0.5) is 0 Å². The minimum atomic E-state index is 0.125. The van der Waals surface area contributed by atoms with Crippen LogP contribution in [0.3, 0.4) is 0 Å². The second-order valence-electron chi connectivity index (χ2n) is 3.65. The molecule has 14 heavy (non-hydrogen) atoms. The molecule has 0 aliphatic carbocycles. The Morgan fingerprint density at radius 3 is 2.64 bits per heavy atom. The highest BCUT2D eigenvalue weighted by Crippen LogP contribution is 2.35. The normalized spacial score (nSPS) is 17.7. The topological polar surface area (TPSA) is 39.2 Å². The molecule has 1 rings (SSSR count). The highest BCUT2D eigenvalue weighted by molar-refractivity contribution is 8.00. The summed E-state index contributed by atoms with van der Waals surface area (Å²) in [5, 5.41) is 0.899. The van der Waals surface area contributed by atoms with Crippen molar-refractivity contribution in [2.45, 2.75) is 43.7 Å². The first-order valence-corrected chi connectivity index (χ1v) is 6.03. The van der Waals surface area contributed by atoms with E-state index in [1.54, 1.807) is 6.26 Å². The third-order valence-electron chi connectivity index (χ3n) is 2.25. The predicted octanol–water partition coefficient (Wildman–Crippen LogP) is 3.20. The summed E-state index contributed by atoms with van der Waals surface area (Å²) >= 11 is 1.89. The van der Waals surface area contributed by atoms with Gasteiger partial charge in [0.1, 0.15) is 5.76 Å². The van der Waals surface area contributed by atoms with Crippen LogP contribution in [0.2, 0.25) is 0 Å². The summed E-state index contributed by atoms with van der Waals surface area (Å²) in [7, 11) is 0. The van der Waals surface area contributed by atoms with Crippen molar-refractivity contribution < 1.29 is 4.42 Å². The van der Waals surface area contributed by atoms with Gasteiger partial charge in [-0.05, 0) is 25.5 Å². The molecule has 3 heteroatoms. The van der Waals surface area contributed by atoms with Gasteiger partial charge in [0.25, 0.3) is 0 Å². The van der Waals surface area contributed by atoms with Gasteiger partial charge in [0, 0.05) is 11.3 Å². The quantitative estimate of drug-likeness (QED) is 0.816. The molecular formula is C11H19NOS. The van der Waals surface area contributed by atoms with Gasteiger partial charge in [-0.2, -0.15) is 0 Å². The first kappa shape index (κ1) is 11.7. The Morgan fingerprint density at radius 1 is 1.50 bits per heavy atom. The molecule has 0 fully saturated rings. The maximum atomic E-state index is 5.95. The SMILES string of the molecule is CCC(C)SC(c1ccco1)C(C)N. The van der Waals surface area contributed by atoms with Crippen molar-refractivity contribution in [3.05, 3.63) is 24.2 Å². The van der Waals surface area contributed by atoms with Crippen LogP contribution in [0.1, 0.15) is 38.2 Å². The van der Waals surface area contributed by atoms with Gasteiger partial charge in [0.2, 0.25) is 0 Å². The van der Waals surface area contributed by atoms with Crippen LogP contribution in [-0.2, 0) is 0 Å². The number of rotatable bonds is 5. The molecule has 0 aliphatic heterocycles. The zero-order chi connectivity index (χ0) is 10.6. The second kappa shape index (κ2) is 5.47. The maximum absolute atomic E-state index is 5.95. The molecule has 0 aliphatic rings. The van der Waals surface area contributed by atoms with Crippen LogP contribution in [0.5, 0.6) is 0 Å². The fraction of sp³-hybridized carbons (Fsp3) is 0.636. The van der Waals surface area contributed by atoms with Crippen LogP contribution in [0.15, 0.2) is 22.8 Å². The summed E-state index contributed by atoms with van der Waals surface area (Å²) in [5.74, 6) is 0.991. The van der Waals surface area contributed by atoms with Crippen molar-refractivity contribution in [3.63, 3.8) is 0 Å². The molecule has 0 radical (unpaired) electrons. The molecule has 0 amide bonds. The smallest absolute Gasteiger partial charge is 0.118 e. The van der Waals surface area contributed by atoms with Crippen LogP contribution in [0.25, 0.3) is 0 Å². The van der Waals surface area contributed by atoms with E-state index < -0.39 is 0 Å². The van der Waals surface area contributed by atoms with Crippen molar-refractivity contribution in [3.8, 4) is 0 Å². The van der Waals surface area contributed by atoms with Crippen LogP contribution < -0.4 is 5.73 Å². The number of hydrogen-bond donors (Lipinski definition) is 1. The van der Waals surface area contributed by atoms with E-state index in [2.05, 4.69) is 13.8 Å². The Kier molecular flexibility index (Phi) is 4.55. The lowest BCUT2D eigenvalue weighted by atomic mass is 10.2. The molecule has 1 aromatic heterocycles. The fourth-order valence-corrected chi connectivity index (χ4v) is 2.46. The van der Waals surface area contributed by atoms with E-state index in [4.69, 9.17) is 10.2 Å². The van der Waals surface area contributed by atoms with Crippen molar-refractivity contribution in [1.82, 2.24) is 0 Å². The van der Waals surface area contributed by atoms with Gasteiger partial charge in [-0.3, -0.25) is 0 Å². The number of nitrogens with two attached hydrogens (primary N) is 1. The van der Waals surface area contributed by atoms with E-state index in [1.807, 2.05) is 30.8 Å². The Labute approximate surface area is 90.2 Å². The molecule has 0 bridgehead atoms. The van der Waals surface area contributed by atoms with Crippen LogP contribution >= 0.6 is 11.8 Å². The van der Waals surface area contributed by atoms with E-state index in [0.29, 0.717) is 5.25 Å². The molecule has 0 spiro atoms. The molecule has 3 unspecified atom stereocenters. The number of hydrogen-bond acceptors (Lipinski definition) is 3. The lowest BCUT2D eigenvalue weighted by molar-refractivity contribution is 0.486. The average molecular weight is 213 g/mol. The van der Waals surface area contributed by atoms with Crippen molar-refractivity contribution in [2.24, 2.45) is 5.73 Å². The molecule has 0 saturated heterocycles. The summed E-state index contributed by atoms with van der Waals surface area (Å²) in [4.78, 5) is 0. The molecule has 2 nitrogen and oxygen atoms in total. The van der Waals surface area contributed by atoms with E-state index in [9.17, 15) is 0 Å². The van der Waals surface area contributed by atoms with Gasteiger partial charge in [-0.15, -0.1) is 11.8 Å². The molecule has 1 heterocycles. The Hall–Kier alpha value is -0.410. The monoisotopic (exact) mass is 213 g/mol. The molecule has 3 atom stereocenters. The summed E-state index contributed by atoms with van der Waals surface area (Å²) < 4.78 is 5.40. The van der Waals surface area contributed by atoms with Gasteiger partial charge < -0.3 is 10.2 Å². The lowest BCUT2D eigenvalue weighted by Crippen LogP contribution is -2.23. The standard InChI is InChI=1S/C11H19NOS/c1-4-8(2)14-11(9(3)12)10-6-5-7-13-10/h5-9,11H,4,12H2,1-3H3. The van der Waals surface area contributed by atoms with Gasteiger partial charge in [0.15, 0.2) is 0 Å². The van der Waals surface area contributed by atoms with Crippen molar-refractivity contribution in [1.29, 1.82) is 0 Å². The molecule has 80 valence electrons. The zero-order valence-electron chi connectivity index (χ0n) is 9.07. The van der Waals surface area contributed by atoms with E-state index in [-0.39, 0.29) is 11.3 Å². The van der Waals surface area contributed by atoms with Crippen LogP contribution in [-0.4, -0.2) is 11.3 Å². The highest BCUT2D eigenvalue weighted by atomic mass is 32.2. The average Bonchev–Trinajstić information content (AvgIpc) is 2.65. The molecule has 0 aromatic carbocycles. The van der Waals surface area contributed by atoms with Gasteiger partial charge >= 0.3 is 0 Å². The zero-order valence-corrected chi connectivity index (χ0v) is 9.88. The molecule has 1 aromatic rings. The molecule has 0 saturated carbocycles. The first-order valence-electron chi connectivity index (χ1n) is 5.09. The summed E-state index contributed by atoms with van der Waals surface area (Å²) in [6.45, 7) is 6.45. The Balaban J connectivity index is 2.66. The Bertz CT molecular complexity index is 246. The maximum Gasteiger partial charge on any atom is 0.118 e. The number of furan rings is 1. The third-order valence-corrected chi connectivity index (χ3v) is 4.01. The van der Waals surface area contributed by atoms with E-state index >= 15 is 0 Å². The Morgan fingerprint density at radius 2 is 2.21 bits per heavy atom. The highest BCUT2D eigenvalue weighted by Gasteiger charge is 2.21. The minimum Gasteiger partial charge on any atom is -0.468 e. The van der Waals surface area contributed by atoms with E-state index in [0.717, 1.165) is 12.2 Å². The van der Waals surface area contributed by atoms with Gasteiger partial charge in [-0.25, -0.2) is 0 Å². The second-order valence-corrected chi connectivity index (χ2v) is 5.23. The van der Waals surface area contributed by atoms with Gasteiger partial charge in [-0.1, -0.05) is 13.8 Å². The van der Waals surface area contributed by atoms with Crippen molar-refractivity contribution >= 4 is 11.8 Å². The summed E-state index contributed by atoms with van der Waals surface area (Å²) in [6, 6.07) is 4.05. The molecule has 2 N–H and O–H groups in total. The predicted molar refractivity (Wildman–Crippen MR) is 62.4 cm³/mol. The fourth-order valence-electron chi connectivity index (χ4n) is 1.25. The minimum absolute atomic E-state index is 0.125. The first-order chi connectivity index (χ1) is 6.65. The van der Waals surface area contributed by atoms with E-state index in [1.165, 1.54) is 0 Å². The number of thioether (sulfide) groups is 1. The lowest BCUT2D eigenvalue weighted by Gasteiger charge is -2.21. The van der Waals surface area contributed by atoms with Gasteiger partial charge in [0.05, 0.1) is 11.5 Å². The van der Waals surface area contributed by atoms with Crippen molar-refractivity contribution in [2.75, 3.05) is 0 Å². The summed E-state index contributed by atoms with van der Waals surface area (Å²) in [5.41, 5.74) is 5.95. The largest absolute Gasteiger partial charge is 0.468 e. The summed E-state index contributed by atoms with van der Waals surface area (Å²) in [6.07, 6.45) is 2.87. The van der Waals surface area contributed by atoms with Crippen LogP contribution in [0, 0.1) is 0 Å².